The maximum absolute atomic E-state index is 11.9. The summed E-state index contributed by atoms with van der Waals surface area (Å²) in [5.74, 6) is -1.09. The third-order valence-electron chi connectivity index (χ3n) is 5.80. The average molecular weight is 373 g/mol. The van der Waals surface area contributed by atoms with Crippen molar-refractivity contribution in [1.82, 2.24) is 10.6 Å². The van der Waals surface area contributed by atoms with E-state index in [4.69, 9.17) is 4.74 Å². The van der Waals surface area contributed by atoms with Crippen molar-refractivity contribution in [3.8, 4) is 0 Å². The van der Waals surface area contributed by atoms with Crippen molar-refractivity contribution in [2.75, 3.05) is 18.5 Å². The molecular weight excluding hydrogens is 346 g/mol. The number of carbonyl (C=O) groups excluding carboxylic acids is 2. The van der Waals surface area contributed by atoms with Crippen LogP contribution in [-0.4, -0.2) is 48.3 Å². The number of aliphatic hydroxyl groups is 1. The number of aliphatic hydroxyl groups excluding tert-OH is 1. The second kappa shape index (κ2) is 7.86. The van der Waals surface area contributed by atoms with Crippen molar-refractivity contribution in [2.45, 2.75) is 62.8 Å². The van der Waals surface area contributed by atoms with Gasteiger partial charge in [-0.25, -0.2) is 0 Å². The van der Waals surface area contributed by atoms with Gasteiger partial charge in [0, 0.05) is 30.3 Å². The third kappa shape index (κ3) is 4.09. The fraction of sp³-hybridized carbons (Fsp3) is 0.600. The van der Waals surface area contributed by atoms with Crippen LogP contribution in [0.4, 0.5) is 5.69 Å². The number of amides is 2. The second-order valence-electron chi connectivity index (χ2n) is 7.76. The molecule has 4 N–H and O–H groups in total. The average Bonchev–Trinajstić information content (AvgIpc) is 3.18. The maximum atomic E-state index is 11.9. The minimum absolute atomic E-state index is 0.00128. The minimum Gasteiger partial charge on any atom is -0.389 e. The Morgan fingerprint density at radius 1 is 1.22 bits per heavy atom. The van der Waals surface area contributed by atoms with E-state index in [0.29, 0.717) is 19.6 Å². The lowest BCUT2D eigenvalue weighted by molar-refractivity contribution is -0.139. The van der Waals surface area contributed by atoms with Crippen molar-refractivity contribution < 1.29 is 19.4 Å². The lowest BCUT2D eigenvalue weighted by Crippen LogP contribution is -2.46. The normalized spacial score (nSPS) is 26.8. The van der Waals surface area contributed by atoms with Gasteiger partial charge < -0.3 is 25.8 Å². The number of rotatable bonds is 4. The van der Waals surface area contributed by atoms with Gasteiger partial charge in [0.1, 0.15) is 0 Å². The zero-order valence-corrected chi connectivity index (χ0v) is 15.4. The standard InChI is InChI=1S/C20H27N3O4/c24-17-11-27-18-10-16(17)23-15-6-5-12(9-14(15)18)7-8-21-19(25)20(26)22-13-3-1-2-4-13/h5-6,9,13,16-18,23-24H,1-4,7-8,10-11H2,(H,21,25)(H,22,26). The molecule has 0 radical (unpaired) electrons. The number of fused-ring (bicyclic) bond motifs is 4. The molecule has 3 aliphatic rings. The Morgan fingerprint density at radius 3 is 2.85 bits per heavy atom. The van der Waals surface area contributed by atoms with Crippen molar-refractivity contribution in [1.29, 1.82) is 0 Å². The Labute approximate surface area is 158 Å². The molecule has 2 aliphatic heterocycles. The van der Waals surface area contributed by atoms with E-state index in [1.54, 1.807) is 0 Å². The van der Waals surface area contributed by atoms with Crippen molar-refractivity contribution in [2.24, 2.45) is 0 Å². The van der Waals surface area contributed by atoms with Gasteiger partial charge in [0.15, 0.2) is 0 Å². The van der Waals surface area contributed by atoms with Gasteiger partial charge in [-0.3, -0.25) is 9.59 Å². The summed E-state index contributed by atoms with van der Waals surface area (Å²) in [7, 11) is 0. The van der Waals surface area contributed by atoms with Gasteiger partial charge >= 0.3 is 11.8 Å². The van der Waals surface area contributed by atoms with Crippen LogP contribution in [-0.2, 0) is 20.7 Å². The van der Waals surface area contributed by atoms with E-state index in [-0.39, 0.29) is 18.2 Å². The minimum atomic E-state index is -0.561. The number of carbonyl (C=O) groups is 2. The van der Waals surface area contributed by atoms with Crippen LogP contribution in [0.2, 0.25) is 0 Å². The summed E-state index contributed by atoms with van der Waals surface area (Å²) in [6.45, 7) is 0.758. The highest BCUT2D eigenvalue weighted by Crippen LogP contribution is 2.39. The van der Waals surface area contributed by atoms with Gasteiger partial charge in [-0.1, -0.05) is 25.0 Å². The van der Waals surface area contributed by atoms with Crippen molar-refractivity contribution in [3.63, 3.8) is 0 Å². The molecule has 3 unspecified atom stereocenters. The first-order chi connectivity index (χ1) is 13.1. The lowest BCUT2D eigenvalue weighted by atomic mass is 9.89. The first kappa shape index (κ1) is 18.3. The number of anilines is 1. The summed E-state index contributed by atoms with van der Waals surface area (Å²) in [5.41, 5.74) is 3.18. The van der Waals surface area contributed by atoms with Gasteiger partial charge in [-0.15, -0.1) is 0 Å². The SMILES string of the molecule is O=C(NCCc1ccc2c(c1)C1CC(N2)C(O)CO1)C(=O)NC1CCCC1. The van der Waals surface area contributed by atoms with Crippen LogP contribution < -0.4 is 16.0 Å². The number of benzene rings is 1. The fourth-order valence-corrected chi connectivity index (χ4v) is 4.25. The number of ether oxygens (including phenoxy) is 1. The second-order valence-corrected chi connectivity index (χ2v) is 7.76. The number of hydrogen-bond donors (Lipinski definition) is 4. The molecule has 1 aromatic carbocycles. The highest BCUT2D eigenvalue weighted by atomic mass is 16.5. The highest BCUT2D eigenvalue weighted by molar-refractivity contribution is 6.35. The molecule has 2 bridgehead atoms. The quantitative estimate of drug-likeness (QED) is 0.591. The molecule has 2 fully saturated rings. The van der Waals surface area contributed by atoms with E-state index in [1.807, 2.05) is 12.1 Å². The predicted octanol–water partition coefficient (Wildman–Crippen LogP) is 1.02. The zero-order valence-electron chi connectivity index (χ0n) is 15.4. The lowest BCUT2D eigenvalue weighted by Gasteiger charge is -2.40. The third-order valence-corrected chi connectivity index (χ3v) is 5.80. The number of nitrogens with one attached hydrogen (secondary N) is 3. The Balaban J connectivity index is 1.29. The summed E-state index contributed by atoms with van der Waals surface area (Å²) in [6, 6.07) is 6.28. The topological polar surface area (TPSA) is 99.7 Å². The molecular formula is C20H27N3O4. The first-order valence-corrected chi connectivity index (χ1v) is 9.88. The molecule has 2 heterocycles. The molecule has 146 valence electrons. The predicted molar refractivity (Wildman–Crippen MR) is 100 cm³/mol. The van der Waals surface area contributed by atoms with E-state index in [1.165, 1.54) is 0 Å². The first-order valence-electron chi connectivity index (χ1n) is 9.88. The molecule has 0 spiro atoms. The largest absolute Gasteiger partial charge is 0.389 e. The molecule has 1 saturated heterocycles. The van der Waals surface area contributed by atoms with Crippen molar-refractivity contribution >= 4 is 17.5 Å². The van der Waals surface area contributed by atoms with E-state index >= 15 is 0 Å². The maximum Gasteiger partial charge on any atom is 0.309 e. The molecule has 2 amide bonds. The van der Waals surface area contributed by atoms with Gasteiger partial charge in [0.25, 0.3) is 0 Å². The molecule has 27 heavy (non-hydrogen) atoms. The van der Waals surface area contributed by atoms with Gasteiger partial charge in [-0.05, 0) is 30.9 Å². The fourth-order valence-electron chi connectivity index (χ4n) is 4.25. The Morgan fingerprint density at radius 2 is 2.04 bits per heavy atom. The summed E-state index contributed by atoms with van der Waals surface area (Å²) in [5, 5.41) is 18.8. The van der Waals surface area contributed by atoms with E-state index < -0.39 is 17.9 Å². The summed E-state index contributed by atoms with van der Waals surface area (Å²) in [6.07, 6.45) is 5.09. The number of hydrogen-bond acceptors (Lipinski definition) is 5. The molecule has 1 aromatic rings. The molecule has 7 nitrogen and oxygen atoms in total. The Bertz CT molecular complexity index is 717. The molecule has 1 aliphatic carbocycles. The van der Waals surface area contributed by atoms with Gasteiger partial charge in [0.05, 0.1) is 24.9 Å². The van der Waals surface area contributed by atoms with Crippen LogP contribution in [0, 0.1) is 0 Å². The molecule has 0 aromatic heterocycles. The highest BCUT2D eigenvalue weighted by Gasteiger charge is 2.36. The van der Waals surface area contributed by atoms with Gasteiger partial charge in [0.2, 0.25) is 0 Å². The van der Waals surface area contributed by atoms with Crippen LogP contribution in [0.5, 0.6) is 0 Å². The van der Waals surface area contributed by atoms with E-state index in [2.05, 4.69) is 22.0 Å². The van der Waals surface area contributed by atoms with Crippen LogP contribution in [0.1, 0.15) is 49.3 Å². The van der Waals surface area contributed by atoms with Crippen LogP contribution >= 0.6 is 0 Å². The molecule has 1 saturated carbocycles. The summed E-state index contributed by atoms with van der Waals surface area (Å²) < 4.78 is 5.77. The van der Waals surface area contributed by atoms with Crippen molar-refractivity contribution in [3.05, 3.63) is 29.3 Å². The summed E-state index contributed by atoms with van der Waals surface area (Å²) >= 11 is 0. The van der Waals surface area contributed by atoms with E-state index in [9.17, 15) is 14.7 Å². The van der Waals surface area contributed by atoms with E-state index in [0.717, 1.165) is 48.9 Å². The molecule has 7 heteroatoms. The van der Waals surface area contributed by atoms with Crippen LogP contribution in [0.15, 0.2) is 18.2 Å². The van der Waals surface area contributed by atoms with Crippen LogP contribution in [0.25, 0.3) is 0 Å². The zero-order chi connectivity index (χ0) is 18.8. The Kier molecular flexibility index (Phi) is 5.31. The molecule has 4 rings (SSSR count). The smallest absolute Gasteiger partial charge is 0.309 e. The van der Waals surface area contributed by atoms with Crippen LogP contribution in [0.3, 0.4) is 0 Å². The monoisotopic (exact) mass is 373 g/mol. The summed E-state index contributed by atoms with van der Waals surface area (Å²) in [4.78, 5) is 23.9. The Hall–Kier alpha value is -2.12. The van der Waals surface area contributed by atoms with Gasteiger partial charge in [-0.2, -0.15) is 0 Å². The molecule has 3 atom stereocenters.